The van der Waals surface area contributed by atoms with Crippen molar-refractivity contribution in [3.05, 3.63) is 35.6 Å². The SMILES string of the molecule is CCOC(=O)C1(C(=O)N2CC(c3ccc(F)cc3)CC2C)CC1. The van der Waals surface area contributed by atoms with E-state index in [1.165, 1.54) is 12.1 Å². The molecule has 4 nitrogen and oxygen atoms in total. The summed E-state index contributed by atoms with van der Waals surface area (Å²) in [5.41, 5.74) is 0.0941. The topological polar surface area (TPSA) is 46.6 Å². The minimum Gasteiger partial charge on any atom is -0.465 e. The molecule has 0 N–H and O–H groups in total. The lowest BCUT2D eigenvalue weighted by Crippen LogP contribution is -2.43. The summed E-state index contributed by atoms with van der Waals surface area (Å²) in [4.78, 5) is 26.8. The Hall–Kier alpha value is -1.91. The van der Waals surface area contributed by atoms with Gasteiger partial charge in [-0.15, -0.1) is 0 Å². The van der Waals surface area contributed by atoms with E-state index in [-0.39, 0.29) is 29.7 Å². The van der Waals surface area contributed by atoms with Gasteiger partial charge in [0, 0.05) is 18.5 Å². The minimum absolute atomic E-state index is 0.0736. The smallest absolute Gasteiger partial charge is 0.321 e. The highest BCUT2D eigenvalue weighted by atomic mass is 19.1. The van der Waals surface area contributed by atoms with E-state index in [2.05, 4.69) is 0 Å². The highest BCUT2D eigenvalue weighted by molar-refractivity contribution is 6.05. The number of benzene rings is 1. The number of hydrogen-bond acceptors (Lipinski definition) is 3. The fraction of sp³-hybridized carbons (Fsp3) is 0.556. The first-order chi connectivity index (χ1) is 11.0. The van der Waals surface area contributed by atoms with Gasteiger partial charge in [0.05, 0.1) is 6.61 Å². The Labute approximate surface area is 135 Å². The highest BCUT2D eigenvalue weighted by Gasteiger charge is 2.60. The van der Waals surface area contributed by atoms with Crippen LogP contribution in [-0.2, 0) is 14.3 Å². The number of likely N-dealkylation sites (tertiary alicyclic amines) is 1. The number of ether oxygens (including phenoxy) is 1. The van der Waals surface area contributed by atoms with Crippen LogP contribution in [0, 0.1) is 11.2 Å². The Kier molecular flexibility index (Phi) is 4.13. The number of hydrogen-bond donors (Lipinski definition) is 0. The van der Waals surface area contributed by atoms with Crippen LogP contribution in [0.1, 0.15) is 44.6 Å². The molecule has 5 heteroatoms. The summed E-state index contributed by atoms with van der Waals surface area (Å²) in [6.07, 6.45) is 1.99. The maximum atomic E-state index is 13.1. The summed E-state index contributed by atoms with van der Waals surface area (Å²) in [5.74, 6) is -0.560. The van der Waals surface area contributed by atoms with E-state index in [0.717, 1.165) is 12.0 Å². The lowest BCUT2D eigenvalue weighted by molar-refractivity contribution is -0.158. The second-order valence-electron chi connectivity index (χ2n) is 6.59. The van der Waals surface area contributed by atoms with Crippen molar-refractivity contribution >= 4 is 11.9 Å². The molecule has 1 saturated carbocycles. The first kappa shape index (κ1) is 16.0. The summed E-state index contributed by atoms with van der Waals surface area (Å²) in [6, 6.07) is 6.53. The summed E-state index contributed by atoms with van der Waals surface area (Å²) in [7, 11) is 0. The highest BCUT2D eigenvalue weighted by Crippen LogP contribution is 2.50. The van der Waals surface area contributed by atoms with Crippen LogP contribution in [0.15, 0.2) is 24.3 Å². The van der Waals surface area contributed by atoms with Crippen LogP contribution in [0.2, 0.25) is 0 Å². The lowest BCUT2D eigenvalue weighted by atomic mass is 9.97. The minimum atomic E-state index is -0.943. The fourth-order valence-corrected chi connectivity index (χ4v) is 3.46. The molecule has 0 radical (unpaired) electrons. The molecule has 23 heavy (non-hydrogen) atoms. The van der Waals surface area contributed by atoms with Crippen LogP contribution in [0.25, 0.3) is 0 Å². The third kappa shape index (κ3) is 2.84. The van der Waals surface area contributed by atoms with Gasteiger partial charge in [0.25, 0.3) is 0 Å². The number of carbonyl (C=O) groups excluding carboxylic acids is 2. The molecule has 1 heterocycles. The Morgan fingerprint density at radius 3 is 2.52 bits per heavy atom. The molecule has 2 aliphatic rings. The van der Waals surface area contributed by atoms with E-state index < -0.39 is 5.41 Å². The van der Waals surface area contributed by atoms with E-state index in [1.54, 1.807) is 24.0 Å². The largest absolute Gasteiger partial charge is 0.465 e. The van der Waals surface area contributed by atoms with Crippen molar-refractivity contribution < 1.29 is 18.7 Å². The Morgan fingerprint density at radius 1 is 1.30 bits per heavy atom. The quantitative estimate of drug-likeness (QED) is 0.633. The second kappa shape index (κ2) is 5.95. The zero-order chi connectivity index (χ0) is 16.6. The van der Waals surface area contributed by atoms with Crippen molar-refractivity contribution in [3.63, 3.8) is 0 Å². The number of rotatable bonds is 4. The van der Waals surface area contributed by atoms with Crippen LogP contribution in [0.5, 0.6) is 0 Å². The van der Waals surface area contributed by atoms with E-state index in [1.807, 2.05) is 6.92 Å². The number of esters is 1. The number of carbonyl (C=O) groups is 2. The van der Waals surface area contributed by atoms with Crippen LogP contribution in [-0.4, -0.2) is 36.0 Å². The van der Waals surface area contributed by atoms with Gasteiger partial charge in [-0.3, -0.25) is 9.59 Å². The summed E-state index contributed by atoms with van der Waals surface area (Å²) in [6.45, 7) is 4.62. The molecular weight excluding hydrogens is 297 g/mol. The van der Waals surface area contributed by atoms with Gasteiger partial charge in [0.1, 0.15) is 11.2 Å². The molecular formula is C18H22FNO3. The molecule has 1 saturated heterocycles. The zero-order valence-electron chi connectivity index (χ0n) is 13.5. The van der Waals surface area contributed by atoms with Gasteiger partial charge >= 0.3 is 5.97 Å². The van der Waals surface area contributed by atoms with Crippen molar-refractivity contribution in [2.75, 3.05) is 13.2 Å². The number of amides is 1. The predicted molar refractivity (Wildman–Crippen MR) is 83.2 cm³/mol. The molecule has 2 atom stereocenters. The van der Waals surface area contributed by atoms with Gasteiger partial charge in [-0.2, -0.15) is 0 Å². The third-order valence-corrected chi connectivity index (χ3v) is 5.00. The predicted octanol–water partition coefficient (Wildman–Crippen LogP) is 2.87. The molecule has 124 valence electrons. The third-order valence-electron chi connectivity index (χ3n) is 5.00. The molecule has 3 rings (SSSR count). The monoisotopic (exact) mass is 319 g/mol. The van der Waals surface area contributed by atoms with Crippen LogP contribution in [0.4, 0.5) is 4.39 Å². The van der Waals surface area contributed by atoms with Gasteiger partial charge < -0.3 is 9.64 Å². The molecule has 1 aliphatic heterocycles. The maximum Gasteiger partial charge on any atom is 0.321 e. The Morgan fingerprint density at radius 2 is 1.96 bits per heavy atom. The van der Waals surface area contributed by atoms with E-state index in [4.69, 9.17) is 4.74 Å². The van der Waals surface area contributed by atoms with Gasteiger partial charge in [0.2, 0.25) is 5.91 Å². The maximum absolute atomic E-state index is 13.1. The van der Waals surface area contributed by atoms with Gasteiger partial charge in [-0.1, -0.05) is 12.1 Å². The fourth-order valence-electron chi connectivity index (χ4n) is 3.46. The van der Waals surface area contributed by atoms with Crippen molar-refractivity contribution in [1.29, 1.82) is 0 Å². The summed E-state index contributed by atoms with van der Waals surface area (Å²) < 4.78 is 18.1. The Bertz CT molecular complexity index is 609. The lowest BCUT2D eigenvalue weighted by Gasteiger charge is -2.26. The number of nitrogens with zero attached hydrogens (tertiary/aromatic N) is 1. The van der Waals surface area contributed by atoms with Crippen molar-refractivity contribution in [1.82, 2.24) is 4.90 Å². The van der Waals surface area contributed by atoms with Gasteiger partial charge in [0.15, 0.2) is 0 Å². The first-order valence-electron chi connectivity index (χ1n) is 8.21. The van der Waals surface area contributed by atoms with Gasteiger partial charge in [-0.05, 0) is 50.8 Å². The van der Waals surface area contributed by atoms with E-state index >= 15 is 0 Å². The molecule has 2 fully saturated rings. The average molecular weight is 319 g/mol. The van der Waals surface area contributed by atoms with Crippen LogP contribution in [0.3, 0.4) is 0 Å². The Balaban J connectivity index is 1.73. The average Bonchev–Trinajstić information content (AvgIpc) is 3.26. The second-order valence-corrected chi connectivity index (χ2v) is 6.59. The molecule has 0 aromatic heterocycles. The molecule has 0 spiro atoms. The molecule has 2 unspecified atom stereocenters. The molecule has 1 aromatic carbocycles. The molecule has 0 bridgehead atoms. The van der Waals surface area contributed by atoms with Crippen LogP contribution >= 0.6 is 0 Å². The first-order valence-corrected chi connectivity index (χ1v) is 8.21. The molecule has 1 aliphatic carbocycles. The summed E-state index contributed by atoms with van der Waals surface area (Å²) >= 11 is 0. The normalized spacial score (nSPS) is 25.3. The summed E-state index contributed by atoms with van der Waals surface area (Å²) in [5, 5.41) is 0. The van der Waals surface area contributed by atoms with Crippen molar-refractivity contribution in [3.8, 4) is 0 Å². The van der Waals surface area contributed by atoms with E-state index in [9.17, 15) is 14.0 Å². The van der Waals surface area contributed by atoms with Gasteiger partial charge in [-0.25, -0.2) is 4.39 Å². The van der Waals surface area contributed by atoms with Crippen molar-refractivity contribution in [2.24, 2.45) is 5.41 Å². The van der Waals surface area contributed by atoms with Crippen molar-refractivity contribution in [2.45, 2.75) is 45.1 Å². The van der Waals surface area contributed by atoms with E-state index in [0.29, 0.717) is 26.0 Å². The molecule has 1 aromatic rings. The van der Waals surface area contributed by atoms with Crippen LogP contribution < -0.4 is 0 Å². The molecule has 1 amide bonds. The zero-order valence-corrected chi connectivity index (χ0v) is 13.5. The number of halogens is 1. The standard InChI is InChI=1S/C18H22FNO3/c1-3-23-17(22)18(8-9-18)16(21)20-11-14(10-12(20)2)13-4-6-15(19)7-5-13/h4-7,12,14H,3,8-11H2,1-2H3.